The second-order valence-electron chi connectivity index (χ2n) is 2.59. The molecule has 0 aromatic carbocycles. The lowest BCUT2D eigenvalue weighted by molar-refractivity contribution is -0.140. The van der Waals surface area contributed by atoms with Crippen LogP contribution in [0.25, 0.3) is 0 Å². The van der Waals surface area contributed by atoms with Crippen molar-refractivity contribution in [2.75, 3.05) is 0 Å². The third-order valence-corrected chi connectivity index (χ3v) is 1.62. The molecule has 0 bridgehead atoms. The summed E-state index contributed by atoms with van der Waals surface area (Å²) in [4.78, 5) is 10.6. The van der Waals surface area contributed by atoms with E-state index >= 15 is 0 Å². The van der Waals surface area contributed by atoms with Crippen molar-refractivity contribution in [1.82, 2.24) is 9.78 Å². The van der Waals surface area contributed by atoms with E-state index in [0.29, 0.717) is 5.56 Å². The lowest BCUT2D eigenvalue weighted by Gasteiger charge is -2.04. The molecule has 0 aliphatic carbocycles. The van der Waals surface area contributed by atoms with Gasteiger partial charge in [0.2, 0.25) is 0 Å². The highest BCUT2D eigenvalue weighted by molar-refractivity contribution is 5.71. The summed E-state index contributed by atoms with van der Waals surface area (Å²) < 4.78 is 1.28. The fourth-order valence-corrected chi connectivity index (χ4v) is 0.828. The summed E-state index contributed by atoms with van der Waals surface area (Å²) in [6.45, 7) is 1.51. The highest BCUT2D eigenvalue weighted by atomic mass is 16.4. The van der Waals surface area contributed by atoms with Gasteiger partial charge in [-0.2, -0.15) is 10.4 Å². The topological polar surface area (TPSA) is 78.9 Å². The van der Waals surface area contributed by atoms with Gasteiger partial charge in [0, 0.05) is 12.1 Å². The highest BCUT2D eigenvalue weighted by Crippen LogP contribution is 2.05. The van der Waals surface area contributed by atoms with E-state index in [9.17, 15) is 4.79 Å². The van der Waals surface area contributed by atoms with Gasteiger partial charge in [0.15, 0.2) is 6.07 Å². The first-order chi connectivity index (χ1) is 6.65. The van der Waals surface area contributed by atoms with Crippen LogP contribution >= 0.6 is 0 Å². The number of aromatic nitrogens is 2. The van der Waals surface area contributed by atoms with Gasteiger partial charge in [-0.1, -0.05) is 0 Å². The van der Waals surface area contributed by atoms with Crippen LogP contribution in [0.4, 0.5) is 0 Å². The Kier molecular flexibility index (Phi) is 2.88. The van der Waals surface area contributed by atoms with Crippen LogP contribution in [-0.2, 0) is 4.79 Å². The van der Waals surface area contributed by atoms with Crippen molar-refractivity contribution < 1.29 is 9.90 Å². The molecule has 0 radical (unpaired) electrons. The van der Waals surface area contributed by atoms with Crippen molar-refractivity contribution in [3.63, 3.8) is 0 Å². The van der Waals surface area contributed by atoms with Gasteiger partial charge in [-0.25, -0.2) is 4.79 Å². The Morgan fingerprint density at radius 1 is 1.79 bits per heavy atom. The van der Waals surface area contributed by atoms with Gasteiger partial charge in [-0.05, 0) is 12.8 Å². The number of hydrogen-bond donors (Lipinski definition) is 1. The van der Waals surface area contributed by atoms with Crippen molar-refractivity contribution in [2.45, 2.75) is 13.0 Å². The molecule has 14 heavy (non-hydrogen) atoms. The summed E-state index contributed by atoms with van der Waals surface area (Å²) in [6, 6.07) is 0.934. The standard InChI is InChI=1S/C9H7N3O2/c1-7(9(13)14)12-6-8(5-11-12)3-2-4-10/h5-7H,1H3,(H,13,14)/t7-/m0/s1. The normalized spacial score (nSPS) is 10.9. The van der Waals surface area contributed by atoms with Crippen molar-refractivity contribution in [3.8, 4) is 17.9 Å². The molecule has 5 nitrogen and oxygen atoms in total. The first-order valence-electron chi connectivity index (χ1n) is 3.82. The molecule has 1 aromatic rings. The van der Waals surface area contributed by atoms with E-state index in [1.165, 1.54) is 24.0 Å². The van der Waals surface area contributed by atoms with Crippen LogP contribution < -0.4 is 0 Å². The number of carboxylic acid groups (broad SMARTS) is 1. The average molecular weight is 189 g/mol. The predicted octanol–water partition coefficient (Wildman–Crippen LogP) is 0.404. The fraction of sp³-hybridized carbons (Fsp3) is 0.222. The van der Waals surface area contributed by atoms with Gasteiger partial charge >= 0.3 is 5.97 Å². The summed E-state index contributed by atoms with van der Waals surface area (Å²) in [7, 11) is 0. The van der Waals surface area contributed by atoms with Gasteiger partial charge in [-0.15, -0.1) is 0 Å². The molecule has 1 N–H and O–H groups in total. The molecule has 1 aromatic heterocycles. The SMILES string of the molecule is C[C@@H](C(=O)O)n1cc(C#CC#N)cn1. The number of carbonyl (C=O) groups is 1. The number of nitriles is 1. The molecule has 0 fully saturated rings. The molecule has 1 rings (SSSR count). The fourth-order valence-electron chi connectivity index (χ4n) is 0.828. The number of hydrogen-bond acceptors (Lipinski definition) is 3. The molecule has 0 amide bonds. The van der Waals surface area contributed by atoms with Gasteiger partial charge in [0.25, 0.3) is 0 Å². The van der Waals surface area contributed by atoms with Gasteiger partial charge in [0.05, 0.1) is 11.8 Å². The molecule has 1 heterocycles. The van der Waals surface area contributed by atoms with E-state index in [1.54, 1.807) is 6.07 Å². The van der Waals surface area contributed by atoms with Crippen LogP contribution in [0.5, 0.6) is 0 Å². The first kappa shape index (κ1) is 9.82. The molecular weight excluding hydrogens is 182 g/mol. The Bertz CT molecular complexity index is 445. The molecule has 0 saturated carbocycles. The second-order valence-corrected chi connectivity index (χ2v) is 2.59. The minimum atomic E-state index is -0.965. The lowest BCUT2D eigenvalue weighted by atomic mass is 10.3. The van der Waals surface area contributed by atoms with Gasteiger partial charge in [-0.3, -0.25) is 4.68 Å². The van der Waals surface area contributed by atoms with E-state index in [2.05, 4.69) is 16.9 Å². The molecular formula is C9H7N3O2. The minimum absolute atomic E-state index is 0.527. The first-order valence-corrected chi connectivity index (χ1v) is 3.82. The van der Waals surface area contributed by atoms with Crippen LogP contribution in [0, 0.1) is 23.2 Å². The molecule has 0 unspecified atom stereocenters. The Morgan fingerprint density at radius 2 is 2.50 bits per heavy atom. The van der Waals surface area contributed by atoms with Crippen LogP contribution in [0.1, 0.15) is 18.5 Å². The number of nitrogens with zero attached hydrogens (tertiary/aromatic N) is 3. The minimum Gasteiger partial charge on any atom is -0.480 e. The van der Waals surface area contributed by atoms with E-state index in [0.717, 1.165) is 0 Å². The Hall–Kier alpha value is -2.27. The molecule has 70 valence electrons. The molecule has 0 aliphatic rings. The van der Waals surface area contributed by atoms with Crippen molar-refractivity contribution in [2.24, 2.45) is 0 Å². The zero-order valence-electron chi connectivity index (χ0n) is 7.43. The van der Waals surface area contributed by atoms with E-state index in [1.807, 2.05) is 0 Å². The highest BCUT2D eigenvalue weighted by Gasteiger charge is 2.13. The van der Waals surface area contributed by atoms with Crippen LogP contribution in [-0.4, -0.2) is 20.9 Å². The van der Waals surface area contributed by atoms with Crippen LogP contribution in [0.2, 0.25) is 0 Å². The Morgan fingerprint density at radius 3 is 3.07 bits per heavy atom. The summed E-state index contributed by atoms with van der Waals surface area (Å²) in [5, 5.41) is 20.7. The molecule has 0 aliphatic heterocycles. The van der Waals surface area contributed by atoms with Crippen molar-refractivity contribution >= 4 is 5.97 Å². The maximum Gasteiger partial charge on any atom is 0.328 e. The maximum atomic E-state index is 10.6. The van der Waals surface area contributed by atoms with Crippen molar-refractivity contribution in [3.05, 3.63) is 18.0 Å². The summed E-state index contributed by atoms with van der Waals surface area (Å²) in [6.07, 6.45) is 2.91. The lowest BCUT2D eigenvalue weighted by Crippen LogP contribution is -2.15. The van der Waals surface area contributed by atoms with Crippen LogP contribution in [0.3, 0.4) is 0 Å². The van der Waals surface area contributed by atoms with Crippen molar-refractivity contribution in [1.29, 1.82) is 5.26 Å². The van der Waals surface area contributed by atoms with Crippen LogP contribution in [0.15, 0.2) is 12.4 Å². The maximum absolute atomic E-state index is 10.6. The van der Waals surface area contributed by atoms with E-state index in [4.69, 9.17) is 10.4 Å². The average Bonchev–Trinajstić information content (AvgIpc) is 2.61. The third-order valence-electron chi connectivity index (χ3n) is 1.62. The zero-order valence-corrected chi connectivity index (χ0v) is 7.43. The zero-order chi connectivity index (χ0) is 10.6. The molecule has 0 saturated heterocycles. The van der Waals surface area contributed by atoms with E-state index in [-0.39, 0.29) is 0 Å². The summed E-state index contributed by atoms with van der Waals surface area (Å²) in [5.41, 5.74) is 0.527. The number of aliphatic carboxylic acids is 1. The number of carboxylic acids is 1. The molecule has 5 heteroatoms. The molecule has 1 atom stereocenters. The quantitative estimate of drug-likeness (QED) is 0.683. The Labute approximate surface area is 80.6 Å². The second kappa shape index (κ2) is 4.11. The summed E-state index contributed by atoms with van der Waals surface area (Å²) >= 11 is 0. The third kappa shape index (κ3) is 2.11. The van der Waals surface area contributed by atoms with Gasteiger partial charge < -0.3 is 5.11 Å². The largest absolute Gasteiger partial charge is 0.480 e. The predicted molar refractivity (Wildman–Crippen MR) is 47.1 cm³/mol. The van der Waals surface area contributed by atoms with Gasteiger partial charge in [0.1, 0.15) is 6.04 Å². The monoisotopic (exact) mass is 189 g/mol. The van der Waals surface area contributed by atoms with E-state index < -0.39 is 12.0 Å². The smallest absolute Gasteiger partial charge is 0.328 e. The Balaban J connectivity index is 2.89. The summed E-state index contributed by atoms with van der Waals surface area (Å²) in [5.74, 6) is 3.76. The number of rotatable bonds is 2. The molecule has 0 spiro atoms.